The first kappa shape index (κ1) is 27.1. The molecule has 0 radical (unpaired) electrons. The van der Waals surface area contributed by atoms with Crippen LogP contribution in [0.4, 0.5) is 0 Å². The number of ether oxygens (including phenoxy) is 2. The highest BCUT2D eigenvalue weighted by atomic mass is 35.5. The number of piperazine rings is 1. The molecule has 7 nitrogen and oxygen atoms in total. The fraction of sp³-hybridized carbons (Fsp3) is 0.467. The van der Waals surface area contributed by atoms with E-state index in [9.17, 15) is 8.42 Å². The third-order valence-corrected chi connectivity index (χ3v) is 10.8. The Kier molecular flexibility index (Phi) is 7.48. The molecule has 3 aliphatic rings. The summed E-state index contributed by atoms with van der Waals surface area (Å²) in [7, 11) is -2.05. The van der Waals surface area contributed by atoms with Crippen molar-refractivity contribution in [3.05, 3.63) is 77.3 Å². The van der Waals surface area contributed by atoms with Crippen molar-refractivity contribution in [1.29, 1.82) is 0 Å². The molecule has 1 spiro atoms. The number of hydrogen-bond donors (Lipinski definition) is 0. The summed E-state index contributed by atoms with van der Waals surface area (Å²) in [6.07, 6.45) is 2.14. The van der Waals surface area contributed by atoms with E-state index in [1.807, 2.05) is 18.2 Å². The van der Waals surface area contributed by atoms with E-state index in [4.69, 9.17) is 21.1 Å². The lowest BCUT2D eigenvalue weighted by Gasteiger charge is -2.58. The Bertz CT molecular complexity index is 1430. The second-order valence-corrected chi connectivity index (χ2v) is 13.7. The lowest BCUT2D eigenvalue weighted by atomic mass is 9.76. The van der Waals surface area contributed by atoms with Crippen LogP contribution in [0.2, 0.25) is 5.02 Å². The van der Waals surface area contributed by atoms with Gasteiger partial charge >= 0.3 is 0 Å². The first-order chi connectivity index (χ1) is 18.8. The molecule has 1 atom stereocenters. The van der Waals surface area contributed by atoms with Gasteiger partial charge < -0.3 is 9.47 Å². The van der Waals surface area contributed by atoms with E-state index in [0.29, 0.717) is 31.3 Å². The Morgan fingerprint density at radius 3 is 2.44 bits per heavy atom. The molecule has 6 rings (SSSR count). The Labute approximate surface area is 236 Å². The fourth-order valence-electron chi connectivity index (χ4n) is 6.43. The number of hydrogen-bond acceptors (Lipinski definition) is 6. The molecule has 3 aliphatic heterocycles. The van der Waals surface area contributed by atoms with Gasteiger partial charge in [-0.3, -0.25) is 9.80 Å². The second kappa shape index (κ2) is 10.7. The van der Waals surface area contributed by atoms with Crippen molar-refractivity contribution in [2.45, 2.75) is 30.0 Å². The molecule has 0 saturated carbocycles. The zero-order valence-corrected chi connectivity index (χ0v) is 24.0. The van der Waals surface area contributed by atoms with Gasteiger partial charge in [0.1, 0.15) is 0 Å². The predicted molar refractivity (Wildman–Crippen MR) is 153 cm³/mol. The summed E-state index contributed by atoms with van der Waals surface area (Å²) in [6, 6.07) is 21.3. The summed E-state index contributed by atoms with van der Waals surface area (Å²) in [5.41, 5.74) is 0.655. The van der Waals surface area contributed by atoms with Crippen molar-refractivity contribution in [3.8, 4) is 0 Å². The highest BCUT2D eigenvalue weighted by Crippen LogP contribution is 2.42. The van der Waals surface area contributed by atoms with Gasteiger partial charge in [-0.1, -0.05) is 54.1 Å². The molecule has 3 aromatic carbocycles. The topological polar surface area (TPSA) is 62.3 Å². The maximum Gasteiger partial charge on any atom is 0.243 e. The molecular weight excluding hydrogens is 534 g/mol. The van der Waals surface area contributed by atoms with Crippen molar-refractivity contribution in [2.24, 2.45) is 5.41 Å². The van der Waals surface area contributed by atoms with Crippen molar-refractivity contribution < 1.29 is 17.9 Å². The standard InChI is InChI=1S/C30H36ClN3O4S/c1-37-23-30-21-34(39(35,36)28-10-8-25-17-27(31)9-7-26(25)18-28)16-15-33(30)20-29(22-38-30)11-13-32(14-12-29)19-24-5-3-2-4-6-24/h2-10,17-18H,11-16,19-23H2,1H3. The third-order valence-electron chi connectivity index (χ3n) is 8.74. The van der Waals surface area contributed by atoms with Crippen LogP contribution in [-0.4, -0.2) is 87.8 Å². The Morgan fingerprint density at radius 2 is 1.67 bits per heavy atom. The minimum Gasteiger partial charge on any atom is -0.380 e. The predicted octanol–water partition coefficient (Wildman–Crippen LogP) is 4.45. The van der Waals surface area contributed by atoms with E-state index in [0.717, 1.165) is 49.8 Å². The van der Waals surface area contributed by atoms with Gasteiger partial charge in [0.05, 0.1) is 24.7 Å². The summed E-state index contributed by atoms with van der Waals surface area (Å²) < 4.78 is 41.4. The van der Waals surface area contributed by atoms with E-state index in [1.165, 1.54) is 5.56 Å². The van der Waals surface area contributed by atoms with Crippen LogP contribution in [0.25, 0.3) is 10.8 Å². The van der Waals surface area contributed by atoms with Crippen LogP contribution in [0.15, 0.2) is 71.6 Å². The van der Waals surface area contributed by atoms with Gasteiger partial charge in [-0.25, -0.2) is 8.42 Å². The molecule has 3 heterocycles. The third kappa shape index (κ3) is 5.36. The lowest BCUT2D eigenvalue weighted by Crippen LogP contribution is -2.72. The number of nitrogens with zero attached hydrogens (tertiary/aromatic N) is 3. The van der Waals surface area contributed by atoms with Gasteiger partial charge in [0.2, 0.25) is 10.0 Å². The zero-order valence-electron chi connectivity index (χ0n) is 22.4. The van der Waals surface area contributed by atoms with Gasteiger partial charge in [-0.15, -0.1) is 0 Å². The second-order valence-electron chi connectivity index (χ2n) is 11.3. The minimum atomic E-state index is -3.71. The van der Waals surface area contributed by atoms with Crippen molar-refractivity contribution in [1.82, 2.24) is 14.1 Å². The molecule has 208 valence electrons. The van der Waals surface area contributed by atoms with Gasteiger partial charge in [0, 0.05) is 43.7 Å². The Balaban J connectivity index is 1.16. The molecule has 3 aromatic rings. The van der Waals surface area contributed by atoms with Crippen LogP contribution in [0.1, 0.15) is 18.4 Å². The number of fused-ring (bicyclic) bond motifs is 2. The summed E-state index contributed by atoms with van der Waals surface area (Å²) in [6.45, 7) is 6.19. The van der Waals surface area contributed by atoms with Crippen LogP contribution in [0.5, 0.6) is 0 Å². The fourth-order valence-corrected chi connectivity index (χ4v) is 8.12. The van der Waals surface area contributed by atoms with Crippen molar-refractivity contribution >= 4 is 32.4 Å². The first-order valence-electron chi connectivity index (χ1n) is 13.6. The van der Waals surface area contributed by atoms with E-state index in [-0.39, 0.29) is 16.9 Å². The van der Waals surface area contributed by atoms with Gasteiger partial charge in [0.25, 0.3) is 0 Å². The molecule has 0 bridgehead atoms. The molecule has 1 unspecified atom stereocenters. The lowest BCUT2D eigenvalue weighted by molar-refractivity contribution is -0.265. The van der Waals surface area contributed by atoms with Crippen molar-refractivity contribution in [3.63, 3.8) is 0 Å². The molecule has 0 aromatic heterocycles. The number of methoxy groups -OCH3 is 1. The number of piperidine rings is 1. The average molecular weight is 570 g/mol. The molecule has 3 saturated heterocycles. The zero-order chi connectivity index (χ0) is 27.1. The van der Waals surface area contributed by atoms with E-state index < -0.39 is 15.7 Å². The van der Waals surface area contributed by atoms with Crippen LogP contribution in [-0.2, 0) is 26.0 Å². The quantitative estimate of drug-likeness (QED) is 0.437. The SMILES string of the molecule is COCC12CN(S(=O)(=O)c3ccc4cc(Cl)ccc4c3)CCN1CC1(CCN(Cc3ccccc3)CC1)CO2. The molecular formula is C30H36ClN3O4S. The maximum absolute atomic E-state index is 13.8. The van der Waals surface area contributed by atoms with Crippen LogP contribution in [0.3, 0.4) is 0 Å². The number of halogens is 1. The number of sulfonamides is 1. The highest BCUT2D eigenvalue weighted by Gasteiger charge is 2.53. The van der Waals surface area contributed by atoms with Gasteiger partial charge in [-0.05, 0) is 66.5 Å². The molecule has 0 amide bonds. The number of benzene rings is 3. The molecule has 9 heteroatoms. The van der Waals surface area contributed by atoms with Crippen LogP contribution in [0, 0.1) is 5.41 Å². The largest absolute Gasteiger partial charge is 0.380 e. The monoisotopic (exact) mass is 569 g/mol. The Morgan fingerprint density at radius 1 is 0.923 bits per heavy atom. The number of rotatable bonds is 6. The molecule has 39 heavy (non-hydrogen) atoms. The molecule has 0 N–H and O–H groups in total. The van der Waals surface area contributed by atoms with Crippen molar-refractivity contribution in [2.75, 3.05) is 59.6 Å². The minimum absolute atomic E-state index is 0.0884. The van der Waals surface area contributed by atoms with E-state index >= 15 is 0 Å². The summed E-state index contributed by atoms with van der Waals surface area (Å²) in [5, 5.41) is 2.39. The summed E-state index contributed by atoms with van der Waals surface area (Å²) >= 11 is 6.11. The first-order valence-corrected chi connectivity index (χ1v) is 15.5. The van der Waals surface area contributed by atoms with Crippen LogP contribution < -0.4 is 0 Å². The van der Waals surface area contributed by atoms with Gasteiger partial charge in [-0.2, -0.15) is 4.31 Å². The highest BCUT2D eigenvalue weighted by molar-refractivity contribution is 7.89. The molecule has 0 aliphatic carbocycles. The maximum atomic E-state index is 13.8. The van der Waals surface area contributed by atoms with Crippen LogP contribution >= 0.6 is 11.6 Å². The Hall–Kier alpha value is -2.04. The van der Waals surface area contributed by atoms with Gasteiger partial charge in [0.15, 0.2) is 5.72 Å². The van der Waals surface area contributed by atoms with E-state index in [2.05, 4.69) is 40.1 Å². The molecule has 3 fully saturated rings. The van der Waals surface area contributed by atoms with E-state index in [1.54, 1.807) is 29.6 Å². The summed E-state index contributed by atoms with van der Waals surface area (Å²) in [4.78, 5) is 5.16. The number of likely N-dealkylation sites (tertiary alicyclic amines) is 1. The summed E-state index contributed by atoms with van der Waals surface area (Å²) in [5.74, 6) is 0. The average Bonchev–Trinajstić information content (AvgIpc) is 2.95. The normalized spacial score (nSPS) is 24.7. The smallest absolute Gasteiger partial charge is 0.243 e.